The summed E-state index contributed by atoms with van der Waals surface area (Å²) in [6, 6.07) is 4.98. The Hall–Kier alpha value is -2.53. The monoisotopic (exact) mass is 394 g/mol. The Morgan fingerprint density at radius 1 is 1.26 bits per heavy atom. The summed E-state index contributed by atoms with van der Waals surface area (Å²) in [6.45, 7) is 7.32. The number of rotatable bonds is 4. The van der Waals surface area contributed by atoms with Gasteiger partial charge in [-0.2, -0.15) is 13.2 Å². The molecule has 8 heteroatoms. The van der Waals surface area contributed by atoms with E-state index in [1.54, 1.807) is 17.4 Å². The van der Waals surface area contributed by atoms with Gasteiger partial charge in [-0.15, -0.1) is 11.3 Å². The van der Waals surface area contributed by atoms with E-state index in [1.165, 1.54) is 6.07 Å². The molecule has 4 nitrogen and oxygen atoms in total. The number of thiazole rings is 1. The first-order valence-electron chi connectivity index (χ1n) is 8.40. The van der Waals surface area contributed by atoms with E-state index in [2.05, 4.69) is 32.5 Å². The molecule has 0 aliphatic heterocycles. The lowest BCUT2D eigenvalue weighted by Crippen LogP contribution is -2.37. The molecule has 2 rings (SSSR count). The zero-order valence-corrected chi connectivity index (χ0v) is 16.2. The summed E-state index contributed by atoms with van der Waals surface area (Å²) in [5.41, 5.74) is 0.596. The van der Waals surface area contributed by atoms with Gasteiger partial charge in [-0.1, -0.05) is 17.9 Å². The molecule has 144 valence electrons. The largest absolute Gasteiger partial charge is 0.416 e. The highest BCUT2D eigenvalue weighted by Gasteiger charge is 2.30. The molecule has 0 unspecified atom stereocenters. The molecular weight excluding hydrogens is 373 g/mol. The fourth-order valence-corrected chi connectivity index (χ4v) is 3.12. The van der Waals surface area contributed by atoms with Crippen molar-refractivity contribution in [2.24, 2.45) is 4.99 Å². The molecule has 0 bridgehead atoms. The van der Waals surface area contributed by atoms with Crippen LogP contribution in [0.5, 0.6) is 0 Å². The van der Waals surface area contributed by atoms with Crippen LogP contribution in [0.25, 0.3) is 0 Å². The molecule has 0 fully saturated rings. The maximum Gasteiger partial charge on any atom is 0.416 e. The quantitative estimate of drug-likeness (QED) is 0.470. The average molecular weight is 394 g/mol. The summed E-state index contributed by atoms with van der Waals surface area (Å²) in [7, 11) is 0. The van der Waals surface area contributed by atoms with Crippen LogP contribution in [-0.4, -0.2) is 24.0 Å². The Labute approximate surface area is 160 Å². The molecule has 0 atom stereocenters. The Balaban J connectivity index is 1.98. The van der Waals surface area contributed by atoms with Crippen LogP contribution >= 0.6 is 11.3 Å². The van der Waals surface area contributed by atoms with E-state index >= 15 is 0 Å². The number of benzene rings is 1. The number of nitrogens with one attached hydrogen (secondary N) is 2. The van der Waals surface area contributed by atoms with E-state index < -0.39 is 11.7 Å². The predicted octanol–water partition coefficient (Wildman–Crippen LogP) is 3.89. The molecule has 27 heavy (non-hydrogen) atoms. The normalized spacial score (nSPS) is 11.7. The molecule has 0 saturated carbocycles. The highest BCUT2D eigenvalue weighted by molar-refractivity contribution is 7.11. The van der Waals surface area contributed by atoms with Crippen LogP contribution in [0.1, 0.15) is 33.6 Å². The lowest BCUT2D eigenvalue weighted by molar-refractivity contribution is -0.137. The van der Waals surface area contributed by atoms with Crippen molar-refractivity contribution >= 4 is 17.3 Å². The van der Waals surface area contributed by atoms with Gasteiger partial charge in [0.25, 0.3) is 0 Å². The van der Waals surface area contributed by atoms with Crippen molar-refractivity contribution in [3.8, 4) is 11.8 Å². The number of aromatic nitrogens is 1. The smallest absolute Gasteiger partial charge is 0.357 e. The Morgan fingerprint density at radius 3 is 2.67 bits per heavy atom. The number of aliphatic imine (C=N–C) groups is 1. The van der Waals surface area contributed by atoms with E-state index in [-0.39, 0.29) is 6.54 Å². The number of alkyl halides is 3. The molecule has 0 saturated heterocycles. The van der Waals surface area contributed by atoms with E-state index in [4.69, 9.17) is 0 Å². The minimum Gasteiger partial charge on any atom is -0.357 e. The van der Waals surface area contributed by atoms with Crippen molar-refractivity contribution < 1.29 is 13.2 Å². The molecule has 0 amide bonds. The van der Waals surface area contributed by atoms with Gasteiger partial charge in [-0.25, -0.2) is 9.98 Å². The standard InChI is InChI=1S/C19H21F3N4S/c1-4-23-18(25-12-17-13(2)26-14(3)27-17)24-10-6-8-15-7-5-9-16(11-15)19(20,21)22/h5,7,9,11H,4,10,12H2,1-3H3,(H2,23,24,25). The van der Waals surface area contributed by atoms with Crippen LogP contribution in [0.2, 0.25) is 0 Å². The van der Waals surface area contributed by atoms with Gasteiger partial charge in [0.1, 0.15) is 0 Å². The number of aryl methyl sites for hydroxylation is 2. The highest BCUT2D eigenvalue weighted by Crippen LogP contribution is 2.29. The van der Waals surface area contributed by atoms with Gasteiger partial charge in [0.15, 0.2) is 5.96 Å². The third-order valence-corrected chi connectivity index (χ3v) is 4.55. The van der Waals surface area contributed by atoms with Gasteiger partial charge in [-0.3, -0.25) is 0 Å². The summed E-state index contributed by atoms with van der Waals surface area (Å²) >= 11 is 1.61. The van der Waals surface area contributed by atoms with E-state index in [9.17, 15) is 13.2 Å². The summed E-state index contributed by atoms with van der Waals surface area (Å²) in [5.74, 6) is 6.16. The van der Waals surface area contributed by atoms with Crippen LogP contribution < -0.4 is 10.6 Å². The van der Waals surface area contributed by atoms with E-state index in [1.807, 2.05) is 20.8 Å². The van der Waals surface area contributed by atoms with Gasteiger partial charge in [0, 0.05) is 17.0 Å². The van der Waals surface area contributed by atoms with Crippen molar-refractivity contribution in [2.75, 3.05) is 13.1 Å². The number of hydrogen-bond donors (Lipinski definition) is 2. The second kappa shape index (κ2) is 9.42. The number of nitrogens with zero attached hydrogens (tertiary/aromatic N) is 2. The summed E-state index contributed by atoms with van der Waals surface area (Å²) in [6.07, 6.45) is -4.37. The Bertz CT molecular complexity index is 860. The maximum absolute atomic E-state index is 12.7. The van der Waals surface area contributed by atoms with Gasteiger partial charge >= 0.3 is 6.18 Å². The Kier molecular flexibility index (Phi) is 7.25. The van der Waals surface area contributed by atoms with Crippen molar-refractivity contribution in [3.63, 3.8) is 0 Å². The van der Waals surface area contributed by atoms with Crippen LogP contribution in [0.4, 0.5) is 13.2 Å². The highest BCUT2D eigenvalue weighted by atomic mass is 32.1. The summed E-state index contributed by atoms with van der Waals surface area (Å²) in [5, 5.41) is 7.18. The lowest BCUT2D eigenvalue weighted by Gasteiger charge is -2.08. The first-order chi connectivity index (χ1) is 12.8. The van der Waals surface area contributed by atoms with Gasteiger partial charge in [0.05, 0.1) is 29.4 Å². The SMILES string of the molecule is CCNC(=NCc1sc(C)nc1C)NCC#Cc1cccc(C(F)(F)F)c1. The second-order valence-electron chi connectivity index (χ2n) is 5.67. The van der Waals surface area contributed by atoms with Crippen molar-refractivity contribution in [1.82, 2.24) is 15.6 Å². The van der Waals surface area contributed by atoms with Gasteiger partial charge in [0.2, 0.25) is 0 Å². The van der Waals surface area contributed by atoms with Crippen molar-refractivity contribution in [3.05, 3.63) is 51.0 Å². The molecule has 1 heterocycles. The summed E-state index contributed by atoms with van der Waals surface area (Å²) < 4.78 is 38.1. The van der Waals surface area contributed by atoms with Crippen molar-refractivity contribution in [1.29, 1.82) is 0 Å². The third-order valence-electron chi connectivity index (χ3n) is 3.49. The summed E-state index contributed by atoms with van der Waals surface area (Å²) in [4.78, 5) is 9.97. The van der Waals surface area contributed by atoms with Crippen LogP contribution in [-0.2, 0) is 12.7 Å². The van der Waals surface area contributed by atoms with Crippen LogP contribution in [0.15, 0.2) is 29.3 Å². The average Bonchev–Trinajstić information content (AvgIpc) is 2.93. The molecule has 0 radical (unpaired) electrons. The second-order valence-corrected chi connectivity index (χ2v) is 6.96. The first-order valence-corrected chi connectivity index (χ1v) is 9.22. The van der Waals surface area contributed by atoms with E-state index in [0.29, 0.717) is 24.6 Å². The zero-order valence-electron chi connectivity index (χ0n) is 15.4. The van der Waals surface area contributed by atoms with Crippen LogP contribution in [0, 0.1) is 25.7 Å². The number of halogens is 3. The fourth-order valence-electron chi connectivity index (χ4n) is 2.26. The minimum absolute atomic E-state index is 0.267. The molecule has 2 aromatic rings. The van der Waals surface area contributed by atoms with Crippen molar-refractivity contribution in [2.45, 2.75) is 33.5 Å². The molecule has 1 aromatic carbocycles. The predicted molar refractivity (Wildman–Crippen MR) is 103 cm³/mol. The number of guanidine groups is 1. The topological polar surface area (TPSA) is 49.3 Å². The molecule has 2 N–H and O–H groups in total. The zero-order chi connectivity index (χ0) is 19.9. The minimum atomic E-state index is -4.37. The third kappa shape index (κ3) is 6.61. The number of hydrogen-bond acceptors (Lipinski definition) is 3. The molecule has 1 aromatic heterocycles. The lowest BCUT2D eigenvalue weighted by atomic mass is 10.1. The molecule has 0 aliphatic carbocycles. The van der Waals surface area contributed by atoms with Crippen LogP contribution in [0.3, 0.4) is 0 Å². The van der Waals surface area contributed by atoms with Gasteiger partial charge in [-0.05, 0) is 39.0 Å². The first kappa shape index (κ1) is 20.8. The molecule has 0 spiro atoms. The molecule has 0 aliphatic rings. The van der Waals surface area contributed by atoms with E-state index in [0.717, 1.165) is 27.7 Å². The van der Waals surface area contributed by atoms with Gasteiger partial charge < -0.3 is 10.6 Å². The fraction of sp³-hybridized carbons (Fsp3) is 0.368. The molecular formula is C19H21F3N4S. The maximum atomic E-state index is 12.7. The Morgan fingerprint density at radius 2 is 2.04 bits per heavy atom.